The fourth-order valence-corrected chi connectivity index (χ4v) is 4.37. The number of hydrogen-bond donors (Lipinski definition) is 1. The Bertz CT molecular complexity index is 681. The third kappa shape index (κ3) is 6.22. The molecule has 3 rings (SSSR count). The van der Waals surface area contributed by atoms with Crippen LogP contribution >= 0.6 is 27.3 Å². The molecule has 1 aromatic carbocycles. The molecule has 0 aliphatic carbocycles. The molecule has 25 heavy (non-hydrogen) atoms. The topological polar surface area (TPSA) is 41.6 Å². The lowest BCUT2D eigenvalue weighted by Crippen LogP contribution is -2.35. The number of amides is 1. The molecular weight excluding hydrogens is 400 g/mol. The van der Waals surface area contributed by atoms with Gasteiger partial charge in [0.05, 0.1) is 17.0 Å². The second-order valence-corrected chi connectivity index (χ2v) is 8.74. The Hall–Kier alpha value is -1.21. The first-order chi connectivity index (χ1) is 12.2. The molecule has 1 N–H and O–H groups in total. The summed E-state index contributed by atoms with van der Waals surface area (Å²) in [5.41, 5.74) is 2.14. The fraction of sp³-hybridized carbons (Fsp3) is 0.421. The number of halogens is 1. The van der Waals surface area contributed by atoms with E-state index in [4.69, 9.17) is 4.74 Å². The summed E-state index contributed by atoms with van der Waals surface area (Å²) in [6.45, 7) is 4.54. The van der Waals surface area contributed by atoms with Crippen molar-refractivity contribution in [1.82, 2.24) is 4.90 Å². The van der Waals surface area contributed by atoms with Crippen LogP contribution in [0.4, 0.5) is 5.69 Å². The monoisotopic (exact) mass is 422 g/mol. The van der Waals surface area contributed by atoms with E-state index in [0.29, 0.717) is 6.42 Å². The summed E-state index contributed by atoms with van der Waals surface area (Å²) in [5, 5.41) is 2.99. The van der Waals surface area contributed by atoms with Crippen molar-refractivity contribution in [2.24, 2.45) is 0 Å². The van der Waals surface area contributed by atoms with Crippen LogP contribution in [0.1, 0.15) is 23.3 Å². The zero-order valence-corrected chi connectivity index (χ0v) is 16.6. The van der Waals surface area contributed by atoms with Crippen LogP contribution in [0.15, 0.2) is 40.2 Å². The summed E-state index contributed by atoms with van der Waals surface area (Å²) in [6.07, 6.45) is 2.36. The van der Waals surface area contributed by atoms with E-state index in [1.807, 2.05) is 12.1 Å². The van der Waals surface area contributed by atoms with Gasteiger partial charge in [-0.15, -0.1) is 11.3 Å². The molecule has 0 bridgehead atoms. The molecule has 6 heteroatoms. The van der Waals surface area contributed by atoms with Crippen LogP contribution in [0.25, 0.3) is 0 Å². The molecule has 0 radical (unpaired) electrons. The van der Waals surface area contributed by atoms with Gasteiger partial charge in [-0.2, -0.15) is 0 Å². The zero-order chi connectivity index (χ0) is 17.5. The predicted molar refractivity (Wildman–Crippen MR) is 106 cm³/mol. The zero-order valence-electron chi connectivity index (χ0n) is 14.2. The number of benzene rings is 1. The molecule has 1 saturated heterocycles. The van der Waals surface area contributed by atoms with Gasteiger partial charge in [-0.25, -0.2) is 0 Å². The van der Waals surface area contributed by atoms with Gasteiger partial charge in [0.1, 0.15) is 0 Å². The lowest BCUT2D eigenvalue weighted by Gasteiger charge is -2.26. The van der Waals surface area contributed by atoms with Crippen molar-refractivity contribution in [2.75, 3.05) is 31.6 Å². The first kappa shape index (κ1) is 18.6. The van der Waals surface area contributed by atoms with E-state index in [9.17, 15) is 4.79 Å². The van der Waals surface area contributed by atoms with Crippen LogP contribution in [0.5, 0.6) is 0 Å². The van der Waals surface area contributed by atoms with Gasteiger partial charge in [0.15, 0.2) is 0 Å². The molecule has 1 aliphatic heterocycles. The highest BCUT2D eigenvalue weighted by Gasteiger charge is 2.10. The summed E-state index contributed by atoms with van der Waals surface area (Å²) < 4.78 is 6.51. The molecule has 1 aliphatic rings. The Labute approximate surface area is 161 Å². The highest BCUT2D eigenvalue weighted by atomic mass is 79.9. The number of hydrogen-bond acceptors (Lipinski definition) is 4. The van der Waals surface area contributed by atoms with Crippen molar-refractivity contribution in [3.8, 4) is 0 Å². The average Bonchev–Trinajstić information content (AvgIpc) is 3.03. The molecule has 2 heterocycles. The van der Waals surface area contributed by atoms with E-state index in [1.54, 1.807) is 11.3 Å². The van der Waals surface area contributed by atoms with E-state index in [0.717, 1.165) is 55.2 Å². The molecule has 0 atom stereocenters. The molecular formula is C19H23BrN2O2S. The smallest absolute Gasteiger partial charge is 0.224 e. The highest BCUT2D eigenvalue weighted by molar-refractivity contribution is 9.11. The number of thiophene rings is 1. The molecule has 0 unspecified atom stereocenters. The maximum atomic E-state index is 12.1. The number of carbonyl (C=O) groups is 1. The standard InChI is InChI=1S/C19H23BrN2O2S/c20-18-9-8-17(25-18)2-1-3-19(23)21-16-6-4-15(5-7-16)14-22-10-12-24-13-11-22/h4-9H,1-3,10-14H2,(H,21,23). The van der Waals surface area contributed by atoms with Gasteiger partial charge in [-0.1, -0.05) is 12.1 Å². The number of nitrogens with zero attached hydrogens (tertiary/aromatic N) is 1. The average molecular weight is 423 g/mol. The van der Waals surface area contributed by atoms with Gasteiger partial charge in [-0.05, 0) is 58.6 Å². The normalized spacial score (nSPS) is 15.2. The first-order valence-electron chi connectivity index (χ1n) is 8.62. The predicted octanol–water partition coefficient (Wildman–Crippen LogP) is 4.30. The van der Waals surface area contributed by atoms with E-state index < -0.39 is 0 Å². The summed E-state index contributed by atoms with van der Waals surface area (Å²) in [4.78, 5) is 15.8. The Kier molecular flexibility index (Phi) is 7.04. The van der Waals surface area contributed by atoms with Gasteiger partial charge in [0.25, 0.3) is 0 Å². The van der Waals surface area contributed by atoms with E-state index in [1.165, 1.54) is 10.4 Å². The summed E-state index contributed by atoms with van der Waals surface area (Å²) >= 11 is 5.20. The molecule has 1 fully saturated rings. The van der Waals surface area contributed by atoms with Gasteiger partial charge >= 0.3 is 0 Å². The summed E-state index contributed by atoms with van der Waals surface area (Å²) in [7, 11) is 0. The molecule has 2 aromatic rings. The van der Waals surface area contributed by atoms with Crippen LogP contribution in [0.3, 0.4) is 0 Å². The Morgan fingerprint density at radius 3 is 2.60 bits per heavy atom. The minimum atomic E-state index is 0.0801. The third-order valence-corrected chi connectivity index (χ3v) is 5.89. The Morgan fingerprint density at radius 1 is 1.16 bits per heavy atom. The Morgan fingerprint density at radius 2 is 1.92 bits per heavy atom. The number of rotatable bonds is 7. The molecule has 1 aromatic heterocycles. The maximum absolute atomic E-state index is 12.1. The van der Waals surface area contributed by atoms with Gasteiger partial charge < -0.3 is 10.1 Å². The van der Waals surface area contributed by atoms with E-state index in [-0.39, 0.29) is 5.91 Å². The number of anilines is 1. The molecule has 4 nitrogen and oxygen atoms in total. The van der Waals surface area contributed by atoms with E-state index in [2.05, 4.69) is 50.4 Å². The van der Waals surface area contributed by atoms with Crippen molar-refractivity contribution in [3.05, 3.63) is 50.6 Å². The van der Waals surface area contributed by atoms with Gasteiger partial charge in [-0.3, -0.25) is 9.69 Å². The molecule has 134 valence electrons. The lowest BCUT2D eigenvalue weighted by molar-refractivity contribution is -0.116. The maximum Gasteiger partial charge on any atom is 0.224 e. The summed E-state index contributed by atoms with van der Waals surface area (Å²) in [5.74, 6) is 0.0801. The number of morpholine rings is 1. The quantitative estimate of drug-likeness (QED) is 0.722. The Balaban J connectivity index is 1.40. The first-order valence-corrected chi connectivity index (χ1v) is 10.2. The molecule has 0 saturated carbocycles. The number of ether oxygens (including phenoxy) is 1. The second kappa shape index (κ2) is 9.48. The van der Waals surface area contributed by atoms with Crippen LogP contribution in [0, 0.1) is 0 Å². The van der Waals surface area contributed by atoms with Crippen molar-refractivity contribution in [3.63, 3.8) is 0 Å². The van der Waals surface area contributed by atoms with Crippen LogP contribution in [0.2, 0.25) is 0 Å². The highest BCUT2D eigenvalue weighted by Crippen LogP contribution is 2.23. The van der Waals surface area contributed by atoms with Gasteiger partial charge in [0.2, 0.25) is 5.91 Å². The van der Waals surface area contributed by atoms with Crippen molar-refractivity contribution < 1.29 is 9.53 Å². The minimum absolute atomic E-state index is 0.0801. The number of carbonyl (C=O) groups excluding carboxylic acids is 1. The number of nitrogens with one attached hydrogen (secondary N) is 1. The summed E-state index contributed by atoms with van der Waals surface area (Å²) in [6, 6.07) is 12.3. The van der Waals surface area contributed by atoms with E-state index >= 15 is 0 Å². The SMILES string of the molecule is O=C(CCCc1ccc(Br)s1)Nc1ccc(CN2CCOCC2)cc1. The molecule has 1 amide bonds. The molecule has 0 spiro atoms. The third-order valence-electron chi connectivity index (χ3n) is 4.20. The van der Waals surface area contributed by atoms with Crippen LogP contribution in [-0.2, 0) is 22.5 Å². The second-order valence-electron chi connectivity index (χ2n) is 6.19. The van der Waals surface area contributed by atoms with Crippen molar-refractivity contribution in [2.45, 2.75) is 25.8 Å². The lowest BCUT2D eigenvalue weighted by atomic mass is 10.1. The fourth-order valence-electron chi connectivity index (χ4n) is 2.84. The van der Waals surface area contributed by atoms with Crippen molar-refractivity contribution in [1.29, 1.82) is 0 Å². The minimum Gasteiger partial charge on any atom is -0.379 e. The van der Waals surface area contributed by atoms with Crippen molar-refractivity contribution >= 4 is 38.9 Å². The van der Waals surface area contributed by atoms with Crippen LogP contribution in [-0.4, -0.2) is 37.1 Å². The largest absolute Gasteiger partial charge is 0.379 e. The number of aryl methyl sites for hydroxylation is 1. The van der Waals surface area contributed by atoms with Crippen LogP contribution < -0.4 is 5.32 Å². The van der Waals surface area contributed by atoms with Gasteiger partial charge in [0, 0.05) is 36.6 Å².